The minimum Gasteiger partial charge on any atom is -0.481 e. The van der Waals surface area contributed by atoms with Gasteiger partial charge >= 0.3 is 5.97 Å². The third-order valence-electron chi connectivity index (χ3n) is 4.44. The summed E-state index contributed by atoms with van der Waals surface area (Å²) >= 11 is 0. The Morgan fingerprint density at radius 3 is 2.46 bits per heavy atom. The van der Waals surface area contributed by atoms with Crippen molar-refractivity contribution in [3.63, 3.8) is 0 Å². The first kappa shape index (κ1) is 19.9. The third-order valence-corrected chi connectivity index (χ3v) is 4.44. The fraction of sp³-hybridized carbons (Fsp3) is 0.429. The predicted octanol–water partition coefficient (Wildman–Crippen LogP) is 2.96. The van der Waals surface area contributed by atoms with Crippen LogP contribution in [0.5, 0.6) is 0 Å². The number of aliphatic carboxylic acids is 1. The van der Waals surface area contributed by atoms with Crippen molar-refractivity contribution in [3.8, 4) is 0 Å². The largest absolute Gasteiger partial charge is 0.481 e. The van der Waals surface area contributed by atoms with Crippen LogP contribution in [-0.4, -0.2) is 29.6 Å². The Morgan fingerprint density at radius 2 is 1.81 bits per heavy atom. The molecule has 4 N–H and O–H groups in total. The van der Waals surface area contributed by atoms with Crippen molar-refractivity contribution in [1.82, 2.24) is 5.32 Å². The summed E-state index contributed by atoms with van der Waals surface area (Å²) in [4.78, 5) is 23.3. The minimum atomic E-state index is -0.842. The van der Waals surface area contributed by atoms with E-state index < -0.39 is 12.0 Å². The number of rotatable bonds is 9. The standard InChI is InChI=1S/C21H28N2O3/c1-14(2)9-16(12-20(24)25)13-23-21(26)19(22)11-15-7-8-17-5-3-4-6-18(17)10-15/h3-8,10,14,16,19H,9,11-13,22H2,1-2H3,(H,23,26)(H,24,25)/t16-,19+/m0/s1. The van der Waals surface area contributed by atoms with E-state index in [0.717, 1.165) is 22.8 Å². The van der Waals surface area contributed by atoms with Crippen molar-refractivity contribution in [1.29, 1.82) is 0 Å². The molecule has 0 bridgehead atoms. The lowest BCUT2D eigenvalue weighted by molar-refractivity contribution is -0.138. The molecule has 0 heterocycles. The van der Waals surface area contributed by atoms with Gasteiger partial charge in [0.1, 0.15) is 0 Å². The SMILES string of the molecule is CC(C)C[C@H](CNC(=O)[C@H](N)Cc1ccc2ccccc2c1)CC(=O)O. The number of carbonyl (C=O) groups is 2. The number of nitrogens with two attached hydrogens (primary N) is 1. The zero-order chi connectivity index (χ0) is 19.1. The average molecular weight is 356 g/mol. The van der Waals surface area contributed by atoms with E-state index in [9.17, 15) is 9.59 Å². The highest BCUT2D eigenvalue weighted by Crippen LogP contribution is 2.17. The lowest BCUT2D eigenvalue weighted by Crippen LogP contribution is -2.44. The zero-order valence-corrected chi connectivity index (χ0v) is 15.4. The summed E-state index contributed by atoms with van der Waals surface area (Å²) in [5.74, 6) is -0.783. The summed E-state index contributed by atoms with van der Waals surface area (Å²) in [5.41, 5.74) is 7.06. The number of nitrogens with one attached hydrogen (secondary N) is 1. The molecular weight excluding hydrogens is 328 g/mol. The van der Waals surface area contributed by atoms with Crippen LogP contribution >= 0.6 is 0 Å². The number of hydrogen-bond acceptors (Lipinski definition) is 3. The van der Waals surface area contributed by atoms with Gasteiger partial charge < -0.3 is 16.2 Å². The van der Waals surface area contributed by atoms with E-state index in [1.165, 1.54) is 0 Å². The first-order valence-electron chi connectivity index (χ1n) is 9.08. The van der Waals surface area contributed by atoms with E-state index >= 15 is 0 Å². The van der Waals surface area contributed by atoms with Crippen molar-refractivity contribution >= 4 is 22.6 Å². The van der Waals surface area contributed by atoms with Gasteiger partial charge in [0.15, 0.2) is 0 Å². The molecule has 0 saturated heterocycles. The molecule has 5 heteroatoms. The molecule has 140 valence electrons. The van der Waals surface area contributed by atoms with Gasteiger partial charge in [0, 0.05) is 13.0 Å². The number of carbonyl (C=O) groups excluding carboxylic acids is 1. The monoisotopic (exact) mass is 356 g/mol. The average Bonchev–Trinajstić information content (AvgIpc) is 2.58. The maximum atomic E-state index is 12.3. The summed E-state index contributed by atoms with van der Waals surface area (Å²) in [7, 11) is 0. The summed E-state index contributed by atoms with van der Waals surface area (Å²) in [6, 6.07) is 13.5. The van der Waals surface area contributed by atoms with E-state index in [2.05, 4.69) is 11.4 Å². The fourth-order valence-corrected chi connectivity index (χ4v) is 3.24. The Hall–Kier alpha value is -2.40. The highest BCUT2D eigenvalue weighted by molar-refractivity contribution is 5.84. The van der Waals surface area contributed by atoms with Crippen molar-refractivity contribution in [2.75, 3.05) is 6.54 Å². The van der Waals surface area contributed by atoms with Gasteiger partial charge in [-0.15, -0.1) is 0 Å². The fourth-order valence-electron chi connectivity index (χ4n) is 3.24. The van der Waals surface area contributed by atoms with Gasteiger partial charge in [-0.25, -0.2) is 0 Å². The van der Waals surface area contributed by atoms with E-state index in [1.54, 1.807) is 0 Å². The summed E-state index contributed by atoms with van der Waals surface area (Å²) in [5, 5.41) is 14.1. The normalized spacial score (nSPS) is 13.5. The number of carboxylic acids is 1. The molecular formula is C21H28N2O3. The van der Waals surface area contributed by atoms with Crippen LogP contribution in [0.3, 0.4) is 0 Å². The van der Waals surface area contributed by atoms with Crippen molar-refractivity contribution in [2.45, 2.75) is 39.2 Å². The molecule has 0 aliphatic heterocycles. The quantitative estimate of drug-likeness (QED) is 0.644. The van der Waals surface area contributed by atoms with E-state index in [-0.39, 0.29) is 18.2 Å². The van der Waals surface area contributed by atoms with Crippen LogP contribution in [0.2, 0.25) is 0 Å². The molecule has 0 aliphatic rings. The van der Waals surface area contributed by atoms with Crippen molar-refractivity contribution in [2.24, 2.45) is 17.6 Å². The first-order chi connectivity index (χ1) is 12.3. The Labute approximate surface area is 154 Å². The van der Waals surface area contributed by atoms with Crippen LogP contribution in [0.25, 0.3) is 10.8 Å². The maximum Gasteiger partial charge on any atom is 0.303 e. The molecule has 0 radical (unpaired) electrons. The molecule has 2 aromatic rings. The Balaban J connectivity index is 1.91. The molecule has 0 unspecified atom stereocenters. The van der Waals surface area contributed by atoms with Crippen LogP contribution in [0.4, 0.5) is 0 Å². The first-order valence-corrected chi connectivity index (χ1v) is 9.08. The molecule has 0 aliphatic carbocycles. The Morgan fingerprint density at radius 1 is 1.12 bits per heavy atom. The molecule has 0 saturated carbocycles. The summed E-state index contributed by atoms with van der Waals surface area (Å²) < 4.78 is 0. The van der Waals surface area contributed by atoms with Crippen LogP contribution in [0.1, 0.15) is 32.3 Å². The van der Waals surface area contributed by atoms with Crippen LogP contribution in [-0.2, 0) is 16.0 Å². The second-order valence-electron chi connectivity index (χ2n) is 7.33. The van der Waals surface area contributed by atoms with Crippen LogP contribution in [0, 0.1) is 11.8 Å². The second-order valence-corrected chi connectivity index (χ2v) is 7.33. The molecule has 0 aromatic heterocycles. The van der Waals surface area contributed by atoms with Gasteiger partial charge in [-0.1, -0.05) is 56.3 Å². The summed E-state index contributed by atoms with van der Waals surface area (Å²) in [6.45, 7) is 4.43. The Kier molecular flexibility index (Phi) is 7.16. The molecule has 5 nitrogen and oxygen atoms in total. The molecule has 0 fully saturated rings. The highest BCUT2D eigenvalue weighted by Gasteiger charge is 2.19. The number of carboxylic acid groups (broad SMARTS) is 1. The van der Waals surface area contributed by atoms with Gasteiger partial charge in [0.05, 0.1) is 6.04 Å². The number of hydrogen-bond donors (Lipinski definition) is 3. The van der Waals surface area contributed by atoms with Gasteiger partial charge in [-0.05, 0) is 41.0 Å². The lowest BCUT2D eigenvalue weighted by atomic mass is 9.94. The molecule has 26 heavy (non-hydrogen) atoms. The second kappa shape index (κ2) is 9.34. The molecule has 2 atom stereocenters. The van der Waals surface area contributed by atoms with Gasteiger partial charge in [-0.2, -0.15) is 0 Å². The highest BCUT2D eigenvalue weighted by atomic mass is 16.4. The molecule has 2 aromatic carbocycles. The van der Waals surface area contributed by atoms with Crippen molar-refractivity contribution < 1.29 is 14.7 Å². The van der Waals surface area contributed by atoms with E-state index in [1.807, 2.05) is 50.2 Å². The number of benzene rings is 2. The van der Waals surface area contributed by atoms with Crippen LogP contribution < -0.4 is 11.1 Å². The van der Waals surface area contributed by atoms with Gasteiger partial charge in [0.25, 0.3) is 0 Å². The third kappa shape index (κ3) is 6.15. The number of fused-ring (bicyclic) bond motifs is 1. The number of amides is 1. The molecule has 0 spiro atoms. The van der Waals surface area contributed by atoms with Gasteiger partial charge in [0.2, 0.25) is 5.91 Å². The smallest absolute Gasteiger partial charge is 0.303 e. The van der Waals surface area contributed by atoms with Crippen molar-refractivity contribution in [3.05, 3.63) is 48.0 Å². The van der Waals surface area contributed by atoms with Gasteiger partial charge in [-0.3, -0.25) is 9.59 Å². The lowest BCUT2D eigenvalue weighted by Gasteiger charge is -2.19. The summed E-state index contributed by atoms with van der Waals surface area (Å²) in [6.07, 6.45) is 1.26. The molecule has 1 amide bonds. The predicted molar refractivity (Wildman–Crippen MR) is 104 cm³/mol. The topological polar surface area (TPSA) is 92.4 Å². The van der Waals surface area contributed by atoms with E-state index in [0.29, 0.717) is 18.9 Å². The zero-order valence-electron chi connectivity index (χ0n) is 15.4. The Bertz CT molecular complexity index is 758. The van der Waals surface area contributed by atoms with E-state index in [4.69, 9.17) is 10.8 Å². The maximum absolute atomic E-state index is 12.3. The minimum absolute atomic E-state index is 0.0539. The molecule has 2 rings (SSSR count). The van der Waals surface area contributed by atoms with Crippen LogP contribution in [0.15, 0.2) is 42.5 Å².